The van der Waals surface area contributed by atoms with Crippen molar-refractivity contribution in [2.75, 3.05) is 31.6 Å². The number of nitro benzene ring substituents is 1. The summed E-state index contributed by atoms with van der Waals surface area (Å²) in [6.07, 6.45) is 1.62. The average molecular weight is 387 g/mol. The number of hydrogen-bond acceptors (Lipinski definition) is 6. The molecule has 1 fully saturated rings. The number of piperidine rings is 1. The Kier molecular flexibility index (Phi) is 4.61. The molecule has 28 heavy (non-hydrogen) atoms. The molecule has 0 aromatic heterocycles. The molecule has 0 spiro atoms. The van der Waals surface area contributed by atoms with E-state index in [1.54, 1.807) is 24.0 Å². The Morgan fingerprint density at radius 3 is 2.61 bits per heavy atom. The lowest BCUT2D eigenvalue weighted by molar-refractivity contribution is -0.386. The number of nitrogens with zero attached hydrogens (tertiary/aromatic N) is 3. The molecule has 1 saturated heterocycles. The number of rotatable bonds is 3. The van der Waals surface area contributed by atoms with Crippen molar-refractivity contribution < 1.29 is 19.2 Å². The molecule has 2 aliphatic heterocycles. The number of anilines is 1. The van der Waals surface area contributed by atoms with Gasteiger partial charge in [-0.1, -0.05) is 0 Å². The molecule has 8 heteroatoms. The minimum absolute atomic E-state index is 0.00202. The fourth-order valence-corrected chi connectivity index (χ4v) is 5.47. The zero-order valence-electron chi connectivity index (χ0n) is 16.4. The van der Waals surface area contributed by atoms with Crippen LogP contribution >= 0.6 is 0 Å². The van der Waals surface area contributed by atoms with E-state index in [4.69, 9.17) is 4.74 Å². The number of hydrogen-bond donors (Lipinski definition) is 0. The van der Waals surface area contributed by atoms with E-state index in [1.807, 2.05) is 7.05 Å². The van der Waals surface area contributed by atoms with Crippen LogP contribution in [0.15, 0.2) is 12.1 Å². The molecule has 2 heterocycles. The predicted octanol–water partition coefficient (Wildman–Crippen LogP) is 2.42. The number of ether oxygens (including phenoxy) is 1. The summed E-state index contributed by atoms with van der Waals surface area (Å²) in [5.41, 5.74) is 2.73. The minimum Gasteiger partial charge on any atom is -0.466 e. The first-order valence-electron chi connectivity index (χ1n) is 9.70. The standard InChI is InChI=1S/C20H25N3O5/c1-11(24)22-9-14-7-18-15(6-13(8-21(18)3)10-28-12(2)25)20-17(23(26)27)5-4-16(22)19(14)20/h4-5,13-15,18H,6-10H2,1-3H3/t13?,14?,15-,18+/m1/s1. The maximum absolute atomic E-state index is 12.1. The van der Waals surface area contributed by atoms with Gasteiger partial charge in [-0.25, -0.2) is 0 Å². The number of likely N-dealkylation sites (N-methyl/N-ethyl adjacent to an activating group) is 1. The predicted molar refractivity (Wildman–Crippen MR) is 102 cm³/mol. The lowest BCUT2D eigenvalue weighted by Gasteiger charge is -2.47. The second kappa shape index (κ2) is 6.84. The van der Waals surface area contributed by atoms with Gasteiger partial charge in [0, 0.05) is 68.0 Å². The largest absolute Gasteiger partial charge is 0.466 e. The molecule has 4 rings (SSSR count). The number of esters is 1. The van der Waals surface area contributed by atoms with Crippen LogP contribution in [0, 0.1) is 16.0 Å². The molecule has 1 amide bonds. The molecule has 2 unspecified atom stereocenters. The molecular formula is C20H25N3O5. The lowest BCUT2D eigenvalue weighted by atomic mass is 9.68. The fraction of sp³-hybridized carbons (Fsp3) is 0.600. The maximum Gasteiger partial charge on any atom is 0.302 e. The van der Waals surface area contributed by atoms with Gasteiger partial charge in [0.1, 0.15) is 0 Å². The van der Waals surface area contributed by atoms with E-state index in [-0.39, 0.29) is 46.3 Å². The van der Waals surface area contributed by atoms with E-state index >= 15 is 0 Å². The maximum atomic E-state index is 12.1. The molecule has 1 aromatic carbocycles. The first kappa shape index (κ1) is 18.9. The van der Waals surface area contributed by atoms with Gasteiger partial charge >= 0.3 is 5.97 Å². The van der Waals surface area contributed by atoms with Crippen molar-refractivity contribution in [2.24, 2.45) is 5.92 Å². The van der Waals surface area contributed by atoms with E-state index in [0.717, 1.165) is 36.2 Å². The number of nitro groups is 1. The van der Waals surface area contributed by atoms with E-state index in [1.165, 1.54) is 6.92 Å². The van der Waals surface area contributed by atoms with Crippen LogP contribution in [0.25, 0.3) is 0 Å². The monoisotopic (exact) mass is 387 g/mol. The van der Waals surface area contributed by atoms with Crippen LogP contribution in [-0.4, -0.2) is 54.5 Å². The Morgan fingerprint density at radius 1 is 1.21 bits per heavy atom. The number of carbonyl (C=O) groups excluding carboxylic acids is 2. The van der Waals surface area contributed by atoms with Crippen molar-refractivity contribution in [2.45, 2.75) is 44.6 Å². The third-order valence-electron chi connectivity index (χ3n) is 6.50. The van der Waals surface area contributed by atoms with Gasteiger partial charge in [0.2, 0.25) is 5.91 Å². The van der Waals surface area contributed by atoms with Crippen LogP contribution < -0.4 is 4.90 Å². The third-order valence-corrected chi connectivity index (χ3v) is 6.50. The highest BCUT2D eigenvalue weighted by Crippen LogP contribution is 2.55. The van der Waals surface area contributed by atoms with Crippen molar-refractivity contribution in [3.63, 3.8) is 0 Å². The first-order chi connectivity index (χ1) is 13.3. The van der Waals surface area contributed by atoms with Gasteiger partial charge in [0.05, 0.1) is 11.5 Å². The van der Waals surface area contributed by atoms with Gasteiger partial charge in [0.25, 0.3) is 5.69 Å². The van der Waals surface area contributed by atoms with Crippen LogP contribution in [0.4, 0.5) is 11.4 Å². The quantitative estimate of drug-likeness (QED) is 0.449. The van der Waals surface area contributed by atoms with Gasteiger partial charge in [0.15, 0.2) is 0 Å². The van der Waals surface area contributed by atoms with Crippen molar-refractivity contribution in [1.82, 2.24) is 4.90 Å². The summed E-state index contributed by atoms with van der Waals surface area (Å²) in [6.45, 7) is 4.65. The number of carbonyl (C=O) groups is 2. The molecule has 8 nitrogen and oxygen atoms in total. The Morgan fingerprint density at radius 2 is 1.96 bits per heavy atom. The van der Waals surface area contributed by atoms with Crippen molar-refractivity contribution >= 4 is 23.3 Å². The van der Waals surface area contributed by atoms with Gasteiger partial charge in [-0.05, 0) is 31.5 Å². The highest BCUT2D eigenvalue weighted by molar-refractivity contribution is 5.95. The fourth-order valence-electron chi connectivity index (χ4n) is 5.47. The van der Waals surface area contributed by atoms with Gasteiger partial charge in [-0.3, -0.25) is 19.7 Å². The van der Waals surface area contributed by atoms with Crippen LogP contribution in [0.5, 0.6) is 0 Å². The summed E-state index contributed by atoms with van der Waals surface area (Å²) >= 11 is 0. The van der Waals surface area contributed by atoms with Crippen LogP contribution in [0.3, 0.4) is 0 Å². The molecule has 4 atom stereocenters. The normalized spacial score (nSPS) is 28.5. The molecule has 1 aliphatic carbocycles. The van der Waals surface area contributed by atoms with E-state index in [9.17, 15) is 19.7 Å². The van der Waals surface area contributed by atoms with Crippen molar-refractivity contribution in [3.05, 3.63) is 33.4 Å². The summed E-state index contributed by atoms with van der Waals surface area (Å²) in [7, 11) is 2.04. The van der Waals surface area contributed by atoms with Crippen LogP contribution in [-0.2, 0) is 14.3 Å². The van der Waals surface area contributed by atoms with Crippen LogP contribution in [0.2, 0.25) is 0 Å². The molecular weight excluding hydrogens is 362 g/mol. The topological polar surface area (TPSA) is 93.0 Å². The summed E-state index contributed by atoms with van der Waals surface area (Å²) in [4.78, 5) is 38.9. The molecule has 3 aliphatic rings. The Balaban J connectivity index is 1.78. The minimum atomic E-state index is -0.308. The zero-order valence-corrected chi connectivity index (χ0v) is 16.4. The Bertz CT molecular complexity index is 854. The van der Waals surface area contributed by atoms with Crippen molar-refractivity contribution in [1.29, 1.82) is 0 Å². The number of likely N-dealkylation sites (tertiary alicyclic amines) is 1. The highest BCUT2D eigenvalue weighted by atomic mass is 16.6. The lowest BCUT2D eigenvalue weighted by Crippen LogP contribution is -2.49. The molecule has 0 saturated carbocycles. The Labute approximate surface area is 163 Å². The van der Waals surface area contributed by atoms with E-state index in [2.05, 4.69) is 4.90 Å². The van der Waals surface area contributed by atoms with Gasteiger partial charge < -0.3 is 14.5 Å². The SMILES string of the molecule is CC(=O)OCC1C[C@H]2c3c([N+](=O)[O-])ccc4c3C(C[C@@H]2N(C)C1)CN4C(C)=O. The number of fused-ring (bicyclic) bond motifs is 2. The average Bonchev–Trinajstić information content (AvgIpc) is 3.00. The van der Waals surface area contributed by atoms with Gasteiger partial charge in [-0.2, -0.15) is 0 Å². The molecule has 1 aromatic rings. The number of amides is 1. The third kappa shape index (κ3) is 2.96. The highest BCUT2D eigenvalue weighted by Gasteiger charge is 2.49. The van der Waals surface area contributed by atoms with Crippen molar-refractivity contribution in [3.8, 4) is 0 Å². The summed E-state index contributed by atoms with van der Waals surface area (Å²) < 4.78 is 5.23. The molecule has 0 bridgehead atoms. The van der Waals surface area contributed by atoms with E-state index in [0.29, 0.717) is 13.2 Å². The molecule has 0 radical (unpaired) electrons. The van der Waals surface area contributed by atoms with Gasteiger partial charge in [-0.15, -0.1) is 0 Å². The summed E-state index contributed by atoms with van der Waals surface area (Å²) in [5.74, 6) is -0.0838. The summed E-state index contributed by atoms with van der Waals surface area (Å²) in [5, 5.41) is 11.8. The summed E-state index contributed by atoms with van der Waals surface area (Å²) in [6, 6.07) is 3.46. The first-order valence-corrected chi connectivity index (χ1v) is 9.70. The zero-order chi connectivity index (χ0) is 20.2. The molecule has 0 N–H and O–H groups in total. The smallest absolute Gasteiger partial charge is 0.302 e. The second-order valence-electron chi connectivity index (χ2n) is 8.27. The second-order valence-corrected chi connectivity index (χ2v) is 8.27. The Hall–Kier alpha value is -2.48. The van der Waals surface area contributed by atoms with Crippen LogP contribution in [0.1, 0.15) is 49.7 Å². The number of benzene rings is 1. The van der Waals surface area contributed by atoms with E-state index < -0.39 is 0 Å². The molecule has 150 valence electrons.